The second kappa shape index (κ2) is 11.8. The highest BCUT2D eigenvalue weighted by Gasteiger charge is 2.31. The van der Waals surface area contributed by atoms with Gasteiger partial charge in [-0.05, 0) is 105 Å². The fraction of sp³-hybridized carbons (Fsp3) is 0.138. The van der Waals surface area contributed by atoms with E-state index in [1.807, 2.05) is 0 Å². The Balaban J connectivity index is 1.29. The second-order valence-corrected chi connectivity index (χ2v) is 19.4. The lowest BCUT2D eigenvalue weighted by Crippen LogP contribution is -2.15. The van der Waals surface area contributed by atoms with E-state index in [0.717, 1.165) is 11.4 Å². The van der Waals surface area contributed by atoms with Gasteiger partial charge in [0.2, 0.25) is 0 Å². The number of para-hydroxylation sites is 2. The van der Waals surface area contributed by atoms with Crippen LogP contribution in [0.2, 0.25) is 0 Å². The van der Waals surface area contributed by atoms with Gasteiger partial charge in [0.25, 0.3) is 0 Å². The van der Waals surface area contributed by atoms with E-state index in [1.165, 1.54) is 115 Å². The van der Waals surface area contributed by atoms with Crippen LogP contribution in [0.5, 0.6) is 0 Å². The molecule has 0 aliphatic carbocycles. The van der Waals surface area contributed by atoms with E-state index in [1.54, 1.807) is 0 Å². The summed E-state index contributed by atoms with van der Waals surface area (Å²) in [5, 5.41) is 15.7. The van der Waals surface area contributed by atoms with E-state index < -0.39 is 0 Å². The molecule has 0 bridgehead atoms. The highest BCUT2D eigenvalue weighted by molar-refractivity contribution is 6.39. The number of benzene rings is 9. The molecule has 0 aliphatic heterocycles. The zero-order valence-electron chi connectivity index (χ0n) is 35.4. The Morgan fingerprint density at radius 2 is 0.836 bits per heavy atom. The van der Waals surface area contributed by atoms with Crippen LogP contribution in [-0.4, -0.2) is 8.80 Å². The summed E-state index contributed by atoms with van der Waals surface area (Å²) in [6, 6.07) is 61.7. The van der Waals surface area contributed by atoms with Crippen LogP contribution in [0.25, 0.3) is 97.7 Å². The van der Waals surface area contributed by atoms with E-state index in [-0.39, 0.29) is 10.8 Å². The van der Waals surface area contributed by atoms with E-state index >= 15 is 0 Å². The minimum absolute atomic E-state index is 0.0684. The molecule has 0 atom stereocenters. The van der Waals surface area contributed by atoms with Gasteiger partial charge in [-0.3, -0.25) is 0 Å². The average Bonchev–Trinajstić information content (AvgIpc) is 3.99. The van der Waals surface area contributed by atoms with Crippen LogP contribution in [0.15, 0.2) is 164 Å². The fourth-order valence-electron chi connectivity index (χ4n) is 10.9. The highest BCUT2D eigenvalue weighted by Crippen LogP contribution is 2.52. The Labute approximate surface area is 354 Å². The number of aromatic nitrogens is 2. The number of hydrogen-bond donors (Lipinski definition) is 0. The van der Waals surface area contributed by atoms with Gasteiger partial charge in [0.05, 0.1) is 38.8 Å². The molecule has 3 nitrogen and oxygen atoms in total. The van der Waals surface area contributed by atoms with E-state index in [2.05, 4.69) is 219 Å². The second-order valence-electron chi connectivity index (χ2n) is 19.4. The number of nitrogens with zero attached hydrogens (tertiary/aromatic N) is 3. The number of rotatable bonds is 3. The first-order valence-electron chi connectivity index (χ1n) is 21.7. The maximum atomic E-state index is 2.63. The maximum absolute atomic E-state index is 2.63. The monoisotopic (exact) mass is 783 g/mol. The van der Waals surface area contributed by atoms with Crippen molar-refractivity contribution in [3.63, 3.8) is 0 Å². The first-order valence-corrected chi connectivity index (χ1v) is 21.7. The number of anilines is 3. The van der Waals surface area contributed by atoms with Crippen molar-refractivity contribution in [2.75, 3.05) is 4.90 Å². The Bertz CT molecular complexity index is 3890. The van der Waals surface area contributed by atoms with Crippen molar-refractivity contribution < 1.29 is 0 Å². The summed E-state index contributed by atoms with van der Waals surface area (Å²) in [5.41, 5.74) is 13.6. The molecule has 4 aromatic heterocycles. The molecule has 0 saturated heterocycles. The van der Waals surface area contributed by atoms with Crippen LogP contribution >= 0.6 is 0 Å². The van der Waals surface area contributed by atoms with Crippen LogP contribution in [0, 0.1) is 0 Å². The van der Waals surface area contributed by atoms with Gasteiger partial charge in [-0.25, -0.2) is 0 Å². The minimum Gasteiger partial charge on any atom is -0.308 e. The largest absolute Gasteiger partial charge is 0.308 e. The van der Waals surface area contributed by atoms with Crippen molar-refractivity contribution in [3.8, 4) is 0 Å². The number of fused-ring (bicyclic) bond motifs is 17. The summed E-state index contributed by atoms with van der Waals surface area (Å²) < 4.78 is 5.23. The van der Waals surface area contributed by atoms with Gasteiger partial charge < -0.3 is 13.7 Å². The molecule has 9 aromatic carbocycles. The van der Waals surface area contributed by atoms with Gasteiger partial charge in [-0.2, -0.15) is 0 Å². The number of hydrogen-bond acceptors (Lipinski definition) is 1. The molecule has 0 N–H and O–H groups in total. The molecule has 61 heavy (non-hydrogen) atoms. The molecule has 0 radical (unpaired) electrons. The third-order valence-electron chi connectivity index (χ3n) is 13.8. The predicted octanol–water partition coefficient (Wildman–Crippen LogP) is 16.4. The van der Waals surface area contributed by atoms with Crippen molar-refractivity contribution >= 4 is 115 Å². The minimum atomic E-state index is -0.0778. The average molecular weight is 784 g/mol. The summed E-state index contributed by atoms with van der Waals surface area (Å²) in [6.45, 7) is 14.1. The molecular weight excluding hydrogens is 739 g/mol. The molecule has 0 saturated carbocycles. The normalized spacial score (nSPS) is 13.1. The van der Waals surface area contributed by atoms with E-state index in [9.17, 15) is 0 Å². The fourth-order valence-corrected chi connectivity index (χ4v) is 10.9. The van der Waals surface area contributed by atoms with Crippen molar-refractivity contribution in [3.05, 3.63) is 175 Å². The molecule has 0 fully saturated rings. The molecule has 13 rings (SSSR count). The molecule has 4 heterocycles. The van der Waals surface area contributed by atoms with Crippen LogP contribution in [0.1, 0.15) is 52.7 Å². The Morgan fingerprint density at radius 1 is 0.344 bits per heavy atom. The lowest BCUT2D eigenvalue weighted by atomic mass is 9.83. The Kier molecular flexibility index (Phi) is 6.72. The van der Waals surface area contributed by atoms with Crippen molar-refractivity contribution in [1.29, 1.82) is 0 Å². The summed E-state index contributed by atoms with van der Waals surface area (Å²) in [5.74, 6) is 0. The quantitative estimate of drug-likeness (QED) is 0.174. The van der Waals surface area contributed by atoms with Gasteiger partial charge in [-0.1, -0.05) is 139 Å². The first-order chi connectivity index (χ1) is 29.6. The highest BCUT2D eigenvalue weighted by atomic mass is 15.2. The molecule has 0 spiro atoms. The Hall–Kier alpha value is -7.10. The lowest BCUT2D eigenvalue weighted by Gasteiger charge is -2.29. The lowest BCUT2D eigenvalue weighted by molar-refractivity contribution is 0.591. The van der Waals surface area contributed by atoms with Crippen molar-refractivity contribution in [1.82, 2.24) is 8.80 Å². The van der Waals surface area contributed by atoms with Crippen molar-refractivity contribution in [2.45, 2.75) is 52.4 Å². The summed E-state index contributed by atoms with van der Waals surface area (Å²) in [4.78, 5) is 2.48. The third-order valence-corrected chi connectivity index (χ3v) is 13.8. The molecule has 0 aliphatic rings. The zero-order chi connectivity index (χ0) is 41.1. The standard InChI is InChI=1S/C58H45N3/c1-57(2,3)36-30-43-44-31-37(58(4,5)6)33-49(59(38-19-9-7-10-20-38)39-21-11-8-12-22-39)55(44)60-47-27-28-48-51(52(47)46(32-36)54(43)60)45-29-35-18-14-15-23-40(35)50-42-26-25-34-17-13-16-24-41(34)53(42)61(48)56(45)50/h7-33H,1-6H3. The van der Waals surface area contributed by atoms with Crippen LogP contribution < -0.4 is 4.90 Å². The zero-order valence-corrected chi connectivity index (χ0v) is 35.4. The topological polar surface area (TPSA) is 12.1 Å². The first kappa shape index (κ1) is 34.7. The van der Waals surface area contributed by atoms with Crippen LogP contribution in [0.3, 0.4) is 0 Å². The van der Waals surface area contributed by atoms with Gasteiger partial charge in [0, 0.05) is 59.9 Å². The molecule has 3 heteroatoms. The summed E-state index contributed by atoms with van der Waals surface area (Å²) in [7, 11) is 0. The molecule has 0 amide bonds. The van der Waals surface area contributed by atoms with Crippen molar-refractivity contribution in [2.24, 2.45) is 0 Å². The van der Waals surface area contributed by atoms with E-state index in [4.69, 9.17) is 0 Å². The Morgan fingerprint density at radius 3 is 1.48 bits per heavy atom. The van der Waals surface area contributed by atoms with Gasteiger partial charge in [-0.15, -0.1) is 0 Å². The van der Waals surface area contributed by atoms with Gasteiger partial charge in [0.1, 0.15) is 0 Å². The molecular formula is C58H45N3. The maximum Gasteiger partial charge on any atom is 0.0783 e. The van der Waals surface area contributed by atoms with Crippen LogP contribution in [0.4, 0.5) is 17.1 Å². The summed E-state index contributed by atoms with van der Waals surface area (Å²) in [6.07, 6.45) is 0. The van der Waals surface area contributed by atoms with E-state index in [0.29, 0.717) is 0 Å². The van der Waals surface area contributed by atoms with Gasteiger partial charge >= 0.3 is 0 Å². The predicted molar refractivity (Wildman–Crippen MR) is 263 cm³/mol. The molecule has 292 valence electrons. The SMILES string of the molecule is CC(C)(C)c1cc(N(c2ccccc2)c2ccccc2)c2c(c1)c1cc(C(C)(C)C)cc3c4c5c6cc7ccccc7c7c8ccc9ccccc9c8n(c5ccc4n2c13)c67. The van der Waals surface area contributed by atoms with Gasteiger partial charge in [0.15, 0.2) is 0 Å². The molecule has 0 unspecified atom stereocenters. The summed E-state index contributed by atoms with van der Waals surface area (Å²) >= 11 is 0. The smallest absolute Gasteiger partial charge is 0.0783 e. The molecule has 13 aromatic rings. The third kappa shape index (κ3) is 4.58. The van der Waals surface area contributed by atoms with Crippen LogP contribution in [-0.2, 0) is 10.8 Å².